The van der Waals surface area contributed by atoms with Gasteiger partial charge in [-0.05, 0) is 38.9 Å². The van der Waals surface area contributed by atoms with Gasteiger partial charge in [0.15, 0.2) is 0 Å². The molecule has 1 N–H and O–H groups in total. The largest absolute Gasteiger partial charge is 0.334 e. The van der Waals surface area contributed by atoms with Gasteiger partial charge in [0.2, 0.25) is 0 Å². The summed E-state index contributed by atoms with van der Waals surface area (Å²) in [5.41, 5.74) is 6.22. The molecule has 96 valence electrons. The predicted octanol–water partition coefficient (Wildman–Crippen LogP) is 2.73. The molecule has 1 aromatic heterocycles. The molecule has 0 amide bonds. The van der Waals surface area contributed by atoms with Crippen LogP contribution < -0.4 is 5.32 Å². The number of benzene rings is 1. The van der Waals surface area contributed by atoms with Crippen LogP contribution in [0.1, 0.15) is 22.4 Å². The van der Waals surface area contributed by atoms with Crippen LogP contribution >= 0.6 is 0 Å². The molecular formula is C15H21N3. The van der Waals surface area contributed by atoms with Gasteiger partial charge in [0.25, 0.3) is 0 Å². The molecule has 0 unspecified atom stereocenters. The molecule has 0 fully saturated rings. The van der Waals surface area contributed by atoms with Crippen molar-refractivity contribution in [2.45, 2.75) is 27.3 Å². The van der Waals surface area contributed by atoms with Crippen molar-refractivity contribution in [2.24, 2.45) is 7.05 Å². The summed E-state index contributed by atoms with van der Waals surface area (Å²) < 4.78 is 2.11. The van der Waals surface area contributed by atoms with Gasteiger partial charge in [-0.3, -0.25) is 0 Å². The van der Waals surface area contributed by atoms with Crippen LogP contribution in [0.15, 0.2) is 18.3 Å². The summed E-state index contributed by atoms with van der Waals surface area (Å²) in [6.07, 6.45) is 2.09. The summed E-state index contributed by atoms with van der Waals surface area (Å²) in [6.45, 7) is 7.25. The van der Waals surface area contributed by atoms with E-state index < -0.39 is 0 Å². The van der Waals surface area contributed by atoms with Crippen molar-refractivity contribution in [1.29, 1.82) is 0 Å². The fourth-order valence-electron chi connectivity index (χ4n) is 2.56. The van der Waals surface area contributed by atoms with Gasteiger partial charge in [0, 0.05) is 25.4 Å². The highest BCUT2D eigenvalue weighted by Crippen LogP contribution is 2.27. The van der Waals surface area contributed by atoms with Crippen LogP contribution in [-0.4, -0.2) is 16.6 Å². The first kappa shape index (κ1) is 12.8. The second kappa shape index (κ2) is 4.94. The molecule has 1 aromatic carbocycles. The molecule has 3 heteroatoms. The van der Waals surface area contributed by atoms with Crippen LogP contribution in [0, 0.1) is 20.8 Å². The first-order valence-electron chi connectivity index (χ1n) is 6.28. The number of aromatic nitrogens is 2. The lowest BCUT2D eigenvalue weighted by atomic mass is 9.99. The van der Waals surface area contributed by atoms with Gasteiger partial charge < -0.3 is 9.88 Å². The first-order chi connectivity index (χ1) is 8.52. The Balaban J connectivity index is 2.55. The first-order valence-corrected chi connectivity index (χ1v) is 6.28. The molecule has 0 radical (unpaired) electrons. The van der Waals surface area contributed by atoms with Gasteiger partial charge in [-0.25, -0.2) is 4.98 Å². The van der Waals surface area contributed by atoms with Crippen LogP contribution in [0.25, 0.3) is 11.4 Å². The van der Waals surface area contributed by atoms with Crippen molar-refractivity contribution < 1.29 is 0 Å². The number of hydrogen-bond acceptors (Lipinski definition) is 2. The van der Waals surface area contributed by atoms with Crippen molar-refractivity contribution >= 4 is 0 Å². The summed E-state index contributed by atoms with van der Waals surface area (Å²) in [5, 5.41) is 3.14. The number of rotatable bonds is 3. The smallest absolute Gasteiger partial charge is 0.140 e. The zero-order valence-corrected chi connectivity index (χ0v) is 11.8. The Labute approximate surface area is 109 Å². The minimum absolute atomic E-state index is 0.803. The standard InChI is InChI=1S/C15H21N3/c1-10-6-11(2)14(12(3)7-10)15-17-13(8-16-4)9-18(15)5/h6-7,9,16H,8H2,1-5H3. The predicted molar refractivity (Wildman–Crippen MR) is 75.6 cm³/mol. The molecule has 0 saturated heterocycles. The molecule has 2 aromatic rings. The monoisotopic (exact) mass is 243 g/mol. The van der Waals surface area contributed by atoms with E-state index in [0.29, 0.717) is 0 Å². The topological polar surface area (TPSA) is 29.9 Å². The number of aryl methyl sites for hydroxylation is 4. The quantitative estimate of drug-likeness (QED) is 0.898. The average molecular weight is 243 g/mol. The van der Waals surface area contributed by atoms with E-state index in [9.17, 15) is 0 Å². The Morgan fingerprint density at radius 3 is 2.33 bits per heavy atom. The van der Waals surface area contributed by atoms with Crippen LogP contribution in [0.4, 0.5) is 0 Å². The fourth-order valence-corrected chi connectivity index (χ4v) is 2.56. The van der Waals surface area contributed by atoms with Gasteiger partial charge in [-0.1, -0.05) is 17.7 Å². The molecular weight excluding hydrogens is 222 g/mol. The number of hydrogen-bond donors (Lipinski definition) is 1. The summed E-state index contributed by atoms with van der Waals surface area (Å²) in [4.78, 5) is 4.72. The second-order valence-corrected chi connectivity index (χ2v) is 4.97. The maximum absolute atomic E-state index is 4.72. The Bertz CT molecular complexity index is 544. The zero-order chi connectivity index (χ0) is 13.3. The molecule has 0 atom stereocenters. The van der Waals surface area contributed by atoms with Crippen LogP contribution in [0.3, 0.4) is 0 Å². The Morgan fingerprint density at radius 2 is 1.78 bits per heavy atom. The van der Waals surface area contributed by atoms with E-state index in [0.717, 1.165) is 18.1 Å². The van der Waals surface area contributed by atoms with Crippen LogP contribution in [0.2, 0.25) is 0 Å². The maximum atomic E-state index is 4.72. The Hall–Kier alpha value is -1.61. The second-order valence-electron chi connectivity index (χ2n) is 4.97. The van der Waals surface area contributed by atoms with E-state index in [1.807, 2.05) is 7.05 Å². The van der Waals surface area contributed by atoms with Gasteiger partial charge in [-0.15, -0.1) is 0 Å². The van der Waals surface area contributed by atoms with Gasteiger partial charge in [0.05, 0.1) is 5.69 Å². The minimum atomic E-state index is 0.803. The normalized spacial score (nSPS) is 10.9. The van der Waals surface area contributed by atoms with Crippen molar-refractivity contribution in [3.05, 3.63) is 40.7 Å². The van der Waals surface area contributed by atoms with Gasteiger partial charge in [0.1, 0.15) is 5.82 Å². The molecule has 0 aliphatic carbocycles. The third-order valence-electron chi connectivity index (χ3n) is 3.18. The van der Waals surface area contributed by atoms with Crippen LogP contribution in [0.5, 0.6) is 0 Å². The number of nitrogens with one attached hydrogen (secondary N) is 1. The molecule has 3 nitrogen and oxygen atoms in total. The molecule has 0 aliphatic heterocycles. The lowest BCUT2D eigenvalue weighted by Crippen LogP contribution is -2.05. The van der Waals surface area contributed by atoms with E-state index in [1.165, 1.54) is 22.3 Å². The third kappa shape index (κ3) is 2.31. The highest BCUT2D eigenvalue weighted by atomic mass is 15.1. The van der Waals surface area contributed by atoms with Gasteiger partial charge >= 0.3 is 0 Å². The van der Waals surface area contributed by atoms with Crippen molar-refractivity contribution in [2.75, 3.05) is 7.05 Å². The number of imidazole rings is 1. The zero-order valence-electron chi connectivity index (χ0n) is 11.8. The third-order valence-corrected chi connectivity index (χ3v) is 3.18. The Kier molecular flexibility index (Phi) is 3.53. The number of nitrogens with zero attached hydrogens (tertiary/aromatic N) is 2. The van der Waals surface area contributed by atoms with Gasteiger partial charge in [-0.2, -0.15) is 0 Å². The Morgan fingerprint density at radius 1 is 1.17 bits per heavy atom. The van der Waals surface area contributed by atoms with Crippen LogP contribution in [-0.2, 0) is 13.6 Å². The van der Waals surface area contributed by atoms with Crippen molar-refractivity contribution in [3.63, 3.8) is 0 Å². The summed E-state index contributed by atoms with van der Waals surface area (Å²) in [5.74, 6) is 1.05. The molecule has 2 rings (SSSR count). The van der Waals surface area contributed by atoms with E-state index in [-0.39, 0.29) is 0 Å². The average Bonchev–Trinajstić information content (AvgIpc) is 2.59. The molecule has 0 aliphatic rings. The minimum Gasteiger partial charge on any atom is -0.334 e. The molecule has 0 spiro atoms. The van der Waals surface area contributed by atoms with E-state index in [2.05, 4.69) is 56.0 Å². The lowest BCUT2D eigenvalue weighted by molar-refractivity contribution is 0.795. The highest BCUT2D eigenvalue weighted by molar-refractivity contribution is 5.66. The molecule has 1 heterocycles. The molecule has 0 saturated carbocycles. The van der Waals surface area contributed by atoms with E-state index in [4.69, 9.17) is 4.98 Å². The summed E-state index contributed by atoms with van der Waals surface area (Å²) in [6, 6.07) is 4.43. The SMILES string of the molecule is CNCc1cn(C)c(-c2c(C)cc(C)cc2C)n1. The van der Waals surface area contributed by atoms with E-state index in [1.54, 1.807) is 0 Å². The lowest BCUT2D eigenvalue weighted by Gasteiger charge is -2.10. The highest BCUT2D eigenvalue weighted by Gasteiger charge is 2.12. The van der Waals surface area contributed by atoms with Crippen molar-refractivity contribution in [3.8, 4) is 11.4 Å². The summed E-state index contributed by atoms with van der Waals surface area (Å²) in [7, 11) is 4.00. The maximum Gasteiger partial charge on any atom is 0.140 e. The molecule has 0 bridgehead atoms. The summed E-state index contributed by atoms with van der Waals surface area (Å²) >= 11 is 0. The van der Waals surface area contributed by atoms with Crippen molar-refractivity contribution in [1.82, 2.24) is 14.9 Å². The molecule has 18 heavy (non-hydrogen) atoms. The van der Waals surface area contributed by atoms with E-state index >= 15 is 0 Å². The fraction of sp³-hybridized carbons (Fsp3) is 0.400.